The summed E-state index contributed by atoms with van der Waals surface area (Å²) < 4.78 is 19.6. The van der Waals surface area contributed by atoms with Gasteiger partial charge >= 0.3 is 0 Å². The van der Waals surface area contributed by atoms with Crippen molar-refractivity contribution < 1.29 is 14.2 Å². The van der Waals surface area contributed by atoms with Crippen molar-refractivity contribution in [3.8, 4) is 17.4 Å². The van der Waals surface area contributed by atoms with E-state index in [4.69, 9.17) is 14.2 Å². The molecule has 3 aromatic rings. The summed E-state index contributed by atoms with van der Waals surface area (Å²) in [5.41, 5.74) is 2.58. The third kappa shape index (κ3) is 3.38. The molecule has 7 nitrogen and oxygen atoms in total. The van der Waals surface area contributed by atoms with Crippen molar-refractivity contribution in [1.82, 2.24) is 19.5 Å². The van der Waals surface area contributed by atoms with E-state index in [0.717, 1.165) is 30.6 Å². The van der Waals surface area contributed by atoms with Crippen LogP contribution in [-0.4, -0.2) is 40.3 Å². The van der Waals surface area contributed by atoms with Crippen molar-refractivity contribution in [1.29, 1.82) is 0 Å². The van der Waals surface area contributed by atoms with Crippen molar-refractivity contribution in [2.75, 3.05) is 6.61 Å². The molecule has 2 aliphatic rings. The molecule has 0 bridgehead atoms. The molecule has 8 heteroatoms. The molecule has 1 aliphatic heterocycles. The molecule has 0 spiro atoms. The monoisotopic (exact) mass is 396 g/mol. The van der Waals surface area contributed by atoms with E-state index < -0.39 is 8.07 Å². The summed E-state index contributed by atoms with van der Waals surface area (Å²) in [7, 11) is -1.10. The lowest BCUT2D eigenvalue weighted by molar-refractivity contribution is 0.0895. The maximum absolute atomic E-state index is 6.05. The summed E-state index contributed by atoms with van der Waals surface area (Å²) in [6, 6.07) is 7.07. The second-order valence-corrected chi connectivity index (χ2v) is 14.3. The number of aromatic nitrogens is 4. The molecule has 0 saturated heterocycles. The van der Waals surface area contributed by atoms with Crippen molar-refractivity contribution in [2.45, 2.75) is 50.9 Å². The largest absolute Gasteiger partial charge is 0.489 e. The van der Waals surface area contributed by atoms with Crippen molar-refractivity contribution >= 4 is 19.2 Å². The van der Waals surface area contributed by atoms with Gasteiger partial charge in [-0.15, -0.1) is 0 Å². The van der Waals surface area contributed by atoms with E-state index in [1.54, 1.807) is 6.33 Å². The fourth-order valence-electron chi connectivity index (χ4n) is 3.46. The van der Waals surface area contributed by atoms with Crippen molar-refractivity contribution in [2.24, 2.45) is 0 Å². The Morgan fingerprint density at radius 1 is 1.21 bits per heavy atom. The molecule has 1 saturated carbocycles. The predicted molar refractivity (Wildman–Crippen MR) is 108 cm³/mol. The minimum Gasteiger partial charge on any atom is -0.489 e. The Morgan fingerprint density at radius 2 is 2.11 bits per heavy atom. The molecule has 0 radical (unpaired) electrons. The highest BCUT2D eigenvalue weighted by atomic mass is 28.3. The van der Waals surface area contributed by atoms with Gasteiger partial charge < -0.3 is 14.2 Å². The molecule has 5 rings (SSSR count). The van der Waals surface area contributed by atoms with Gasteiger partial charge in [0.1, 0.15) is 30.7 Å². The average molecular weight is 397 g/mol. The van der Waals surface area contributed by atoms with Crippen LogP contribution in [0.4, 0.5) is 0 Å². The number of benzene rings is 1. The minimum absolute atomic E-state index is 0.368. The smallest absolute Gasteiger partial charge is 0.250 e. The van der Waals surface area contributed by atoms with Crippen LogP contribution < -0.4 is 9.47 Å². The highest BCUT2D eigenvalue weighted by molar-refractivity contribution is 6.76. The first-order chi connectivity index (χ1) is 13.5. The molecule has 2 aromatic heterocycles. The van der Waals surface area contributed by atoms with Crippen LogP contribution in [0.25, 0.3) is 11.2 Å². The van der Waals surface area contributed by atoms with Crippen LogP contribution >= 0.6 is 0 Å². The zero-order valence-electron chi connectivity index (χ0n) is 16.4. The number of nitrogens with zero attached hydrogens (tertiary/aromatic N) is 4. The minimum atomic E-state index is -1.10. The van der Waals surface area contributed by atoms with Crippen molar-refractivity contribution in [3.63, 3.8) is 0 Å². The zero-order valence-corrected chi connectivity index (χ0v) is 17.4. The molecule has 1 fully saturated rings. The van der Waals surface area contributed by atoms with Gasteiger partial charge in [-0.3, -0.25) is 4.57 Å². The Hall–Kier alpha value is -2.45. The SMILES string of the molecule is C[Si](C)(C)CCOCn1cnc2c(Oc3ccc4c(c3)[C@H]3C[C@H]3O4)ncnc21. The average Bonchev–Trinajstić information content (AvgIpc) is 3.15. The van der Waals surface area contributed by atoms with Gasteiger partial charge in [0.25, 0.3) is 5.88 Å². The first-order valence-electron chi connectivity index (χ1n) is 9.70. The lowest BCUT2D eigenvalue weighted by atomic mass is 10.1. The first-order valence-corrected chi connectivity index (χ1v) is 13.4. The lowest BCUT2D eigenvalue weighted by Crippen LogP contribution is -2.22. The first kappa shape index (κ1) is 17.6. The maximum Gasteiger partial charge on any atom is 0.250 e. The van der Waals surface area contributed by atoms with E-state index in [9.17, 15) is 0 Å². The number of rotatable bonds is 7. The fourth-order valence-corrected chi connectivity index (χ4v) is 4.22. The van der Waals surface area contributed by atoms with Crippen LogP contribution in [-0.2, 0) is 11.5 Å². The number of hydrogen-bond acceptors (Lipinski definition) is 6. The third-order valence-corrected chi connectivity index (χ3v) is 6.90. The Balaban J connectivity index is 1.32. The van der Waals surface area contributed by atoms with Crippen LogP contribution in [0.2, 0.25) is 25.7 Å². The van der Waals surface area contributed by atoms with Gasteiger partial charge in [0.2, 0.25) is 0 Å². The summed E-state index contributed by atoms with van der Waals surface area (Å²) in [4.78, 5) is 13.1. The third-order valence-electron chi connectivity index (χ3n) is 5.20. The number of imidazole rings is 1. The molecule has 28 heavy (non-hydrogen) atoms. The molecule has 3 heterocycles. The van der Waals surface area contributed by atoms with Crippen LogP contribution in [0.3, 0.4) is 0 Å². The number of ether oxygens (including phenoxy) is 3. The van der Waals surface area contributed by atoms with E-state index in [1.165, 1.54) is 11.9 Å². The van der Waals surface area contributed by atoms with Crippen molar-refractivity contribution in [3.05, 3.63) is 36.4 Å². The van der Waals surface area contributed by atoms with Gasteiger partial charge in [0, 0.05) is 26.2 Å². The summed E-state index contributed by atoms with van der Waals surface area (Å²) >= 11 is 0. The molecule has 0 N–H and O–H groups in total. The van der Waals surface area contributed by atoms with Gasteiger partial charge in [-0.1, -0.05) is 19.6 Å². The van der Waals surface area contributed by atoms with Gasteiger partial charge in [0.05, 0.1) is 6.33 Å². The number of hydrogen-bond donors (Lipinski definition) is 0. The molecule has 0 unspecified atom stereocenters. The second kappa shape index (κ2) is 6.56. The molecule has 1 aromatic carbocycles. The van der Waals surface area contributed by atoms with E-state index in [2.05, 4.69) is 40.7 Å². The standard InChI is InChI=1S/C20H24N4O3Si/c1-28(2,3)7-6-25-12-24-11-23-18-19(24)21-10-22-20(18)26-13-4-5-16-14(8-13)15-9-17(15)27-16/h4-5,8,10-11,15,17H,6-7,9,12H2,1-3H3/t15-,17-/m1/s1. The Labute approximate surface area is 164 Å². The second-order valence-electron chi connectivity index (χ2n) is 8.71. The molecule has 0 amide bonds. The van der Waals surface area contributed by atoms with Crippen LogP contribution in [0, 0.1) is 0 Å². The van der Waals surface area contributed by atoms with Gasteiger partial charge in [-0.2, -0.15) is 4.98 Å². The molecule has 146 valence electrons. The summed E-state index contributed by atoms with van der Waals surface area (Å²) in [6.07, 6.45) is 4.71. The number of fused-ring (bicyclic) bond motifs is 4. The predicted octanol–water partition coefficient (Wildman–Crippen LogP) is 4.18. The lowest BCUT2D eigenvalue weighted by Gasteiger charge is -2.15. The molecule has 2 atom stereocenters. The van der Waals surface area contributed by atoms with Gasteiger partial charge in [0.15, 0.2) is 11.2 Å². The van der Waals surface area contributed by atoms with E-state index >= 15 is 0 Å². The van der Waals surface area contributed by atoms with Crippen LogP contribution in [0.1, 0.15) is 17.9 Å². The maximum atomic E-state index is 6.05. The van der Waals surface area contributed by atoms with Crippen LogP contribution in [0.5, 0.6) is 17.4 Å². The zero-order chi connectivity index (χ0) is 19.3. The van der Waals surface area contributed by atoms with E-state index in [0.29, 0.717) is 35.8 Å². The molecule has 1 aliphatic carbocycles. The molecular formula is C20H24N4O3Si. The Bertz CT molecular complexity index is 1030. The summed E-state index contributed by atoms with van der Waals surface area (Å²) in [5.74, 6) is 2.70. The highest BCUT2D eigenvalue weighted by Crippen LogP contribution is 2.54. The molecular weight excluding hydrogens is 372 g/mol. The van der Waals surface area contributed by atoms with Crippen LogP contribution in [0.15, 0.2) is 30.9 Å². The fraction of sp³-hybridized carbons (Fsp3) is 0.450. The van der Waals surface area contributed by atoms with Gasteiger partial charge in [-0.25, -0.2) is 9.97 Å². The quantitative estimate of drug-likeness (QED) is 0.441. The summed E-state index contributed by atoms with van der Waals surface area (Å²) in [6.45, 7) is 8.21. The van der Waals surface area contributed by atoms with E-state index in [-0.39, 0.29) is 0 Å². The normalized spacial score (nSPS) is 20.0. The van der Waals surface area contributed by atoms with E-state index in [1.807, 2.05) is 16.7 Å². The topological polar surface area (TPSA) is 71.3 Å². The highest BCUT2D eigenvalue weighted by Gasteiger charge is 2.48. The Morgan fingerprint density at radius 3 is 2.96 bits per heavy atom. The van der Waals surface area contributed by atoms with Gasteiger partial charge in [-0.05, 0) is 30.7 Å². The Kier molecular flexibility index (Phi) is 4.13. The summed E-state index contributed by atoms with van der Waals surface area (Å²) in [5, 5.41) is 0.